The highest BCUT2D eigenvalue weighted by Gasteiger charge is 2.35. The third-order valence-electron chi connectivity index (χ3n) is 6.61. The largest absolute Gasteiger partial charge is 0.593 e. The molecular formula is C26H25F3N4O4S. The van der Waals surface area contributed by atoms with E-state index in [1.165, 1.54) is 6.07 Å². The van der Waals surface area contributed by atoms with Crippen molar-refractivity contribution in [3.05, 3.63) is 65.9 Å². The van der Waals surface area contributed by atoms with Gasteiger partial charge in [0, 0.05) is 12.7 Å². The first kappa shape index (κ1) is 26.3. The Balaban J connectivity index is 1.22. The van der Waals surface area contributed by atoms with Gasteiger partial charge in [0.05, 0.1) is 54.8 Å². The lowest BCUT2D eigenvalue weighted by Crippen LogP contribution is -2.51. The fourth-order valence-corrected chi connectivity index (χ4v) is 5.84. The van der Waals surface area contributed by atoms with Crippen molar-refractivity contribution in [2.24, 2.45) is 0 Å². The van der Waals surface area contributed by atoms with E-state index >= 15 is 0 Å². The Labute approximate surface area is 220 Å². The molecule has 0 aliphatic carbocycles. The highest BCUT2D eigenvalue weighted by atomic mass is 32.2. The number of carbonyl (C=O) groups excluding carboxylic acids is 1. The number of rotatable bonds is 6. The van der Waals surface area contributed by atoms with Gasteiger partial charge >= 0.3 is 6.18 Å². The number of benzene rings is 2. The van der Waals surface area contributed by atoms with Crippen LogP contribution in [0.2, 0.25) is 0 Å². The summed E-state index contributed by atoms with van der Waals surface area (Å²) < 4.78 is 58.5. The molecule has 3 aromatic rings. The van der Waals surface area contributed by atoms with Crippen LogP contribution in [0.3, 0.4) is 0 Å². The zero-order valence-electron chi connectivity index (χ0n) is 20.3. The fraction of sp³-hybridized carbons (Fsp3) is 0.308. The van der Waals surface area contributed by atoms with E-state index < -0.39 is 35.2 Å². The van der Waals surface area contributed by atoms with Gasteiger partial charge < -0.3 is 25.0 Å². The average Bonchev–Trinajstić information content (AvgIpc) is 3.29. The molecule has 5 rings (SSSR count). The van der Waals surface area contributed by atoms with Gasteiger partial charge in [-0.05, 0) is 71.6 Å². The van der Waals surface area contributed by atoms with Crippen LogP contribution in [0.15, 0.2) is 59.6 Å². The summed E-state index contributed by atoms with van der Waals surface area (Å²) in [7, 11) is 1.54. The number of nitrogens with zero attached hydrogens (tertiary/aromatic N) is 2. The Hall–Kier alpha value is -3.32. The number of piperidine rings is 1. The first-order chi connectivity index (χ1) is 18.1. The summed E-state index contributed by atoms with van der Waals surface area (Å²) in [6.07, 6.45) is -3.91. The van der Waals surface area contributed by atoms with E-state index in [2.05, 4.69) is 15.6 Å². The Morgan fingerprint density at radius 2 is 1.95 bits per heavy atom. The number of methoxy groups -OCH3 is 1. The molecule has 1 fully saturated rings. The van der Waals surface area contributed by atoms with E-state index in [9.17, 15) is 27.6 Å². The number of aromatic nitrogens is 1. The zero-order valence-corrected chi connectivity index (χ0v) is 21.1. The predicted molar refractivity (Wildman–Crippen MR) is 136 cm³/mol. The number of hydrogen-bond acceptors (Lipinski definition) is 7. The normalized spacial score (nSPS) is 20.5. The van der Waals surface area contributed by atoms with Crippen LogP contribution in [0.5, 0.6) is 5.75 Å². The first-order valence-corrected chi connectivity index (χ1v) is 13.0. The van der Waals surface area contributed by atoms with Crippen molar-refractivity contribution >= 4 is 28.8 Å². The van der Waals surface area contributed by atoms with Gasteiger partial charge in [-0.3, -0.25) is 4.79 Å². The maximum atomic E-state index is 13.2. The van der Waals surface area contributed by atoms with Crippen molar-refractivity contribution in [2.45, 2.75) is 36.1 Å². The van der Waals surface area contributed by atoms with E-state index in [0.29, 0.717) is 29.3 Å². The Morgan fingerprint density at radius 3 is 2.58 bits per heavy atom. The lowest BCUT2D eigenvalue weighted by Gasteiger charge is -2.35. The first-order valence-electron chi connectivity index (χ1n) is 11.9. The molecule has 0 spiro atoms. The average molecular weight is 547 g/mol. The van der Waals surface area contributed by atoms with Gasteiger partial charge in [-0.15, -0.1) is 4.31 Å². The summed E-state index contributed by atoms with van der Waals surface area (Å²) in [6, 6.07) is 12.7. The molecule has 38 heavy (non-hydrogen) atoms. The summed E-state index contributed by atoms with van der Waals surface area (Å²) in [5, 5.41) is 16.4. The Bertz CT molecular complexity index is 1320. The highest BCUT2D eigenvalue weighted by Crippen LogP contribution is 2.38. The second-order valence-corrected chi connectivity index (χ2v) is 10.6. The molecule has 0 bridgehead atoms. The topological polar surface area (TPSA) is 110 Å². The molecule has 3 unspecified atom stereocenters. The minimum Gasteiger partial charge on any atom is -0.593 e. The van der Waals surface area contributed by atoms with Crippen molar-refractivity contribution in [1.82, 2.24) is 9.29 Å². The van der Waals surface area contributed by atoms with Gasteiger partial charge in [0.2, 0.25) is 5.91 Å². The SMILES string of the molecule is COc1cc(-c2ccc([S+]([O-])N3CCC(Nc4ccc(C(F)(F)F)cn4)C(O)C3)cc2)cc2c1NC(=O)C2. The number of aliphatic hydroxyl groups excluding tert-OH is 1. The number of carbonyl (C=O) groups is 1. The van der Waals surface area contributed by atoms with Crippen LogP contribution < -0.4 is 15.4 Å². The summed E-state index contributed by atoms with van der Waals surface area (Å²) in [5.74, 6) is 0.724. The van der Waals surface area contributed by atoms with E-state index in [0.717, 1.165) is 29.0 Å². The van der Waals surface area contributed by atoms with Crippen LogP contribution in [0.1, 0.15) is 17.5 Å². The maximum absolute atomic E-state index is 13.2. The minimum absolute atomic E-state index is 0.0852. The number of alkyl halides is 3. The van der Waals surface area contributed by atoms with E-state index in [-0.39, 0.29) is 24.7 Å². The van der Waals surface area contributed by atoms with Gasteiger partial charge in [0.25, 0.3) is 0 Å². The van der Waals surface area contributed by atoms with Crippen molar-refractivity contribution in [2.75, 3.05) is 30.8 Å². The second-order valence-electron chi connectivity index (χ2n) is 9.14. The highest BCUT2D eigenvalue weighted by molar-refractivity contribution is 7.89. The zero-order chi connectivity index (χ0) is 27.0. The molecule has 0 radical (unpaired) electrons. The van der Waals surface area contributed by atoms with Crippen LogP contribution in [0.25, 0.3) is 11.1 Å². The number of pyridine rings is 1. The van der Waals surface area contributed by atoms with Crippen molar-refractivity contribution in [3.63, 3.8) is 0 Å². The van der Waals surface area contributed by atoms with Gasteiger partial charge in [0.15, 0.2) is 4.90 Å². The fourth-order valence-electron chi connectivity index (χ4n) is 4.61. The smallest absolute Gasteiger partial charge is 0.417 e. The summed E-state index contributed by atoms with van der Waals surface area (Å²) in [6.45, 7) is 0.530. The molecule has 1 amide bonds. The molecule has 12 heteroatoms. The van der Waals surface area contributed by atoms with Gasteiger partial charge in [-0.25, -0.2) is 4.98 Å². The second kappa shape index (κ2) is 10.4. The lowest BCUT2D eigenvalue weighted by atomic mass is 10.0. The monoisotopic (exact) mass is 546 g/mol. The molecule has 3 heterocycles. The number of β-amino-alcohol motifs (C(OH)–C–C–N with tert-alkyl or cyclic N) is 1. The Morgan fingerprint density at radius 1 is 1.18 bits per heavy atom. The number of nitrogens with one attached hydrogen (secondary N) is 2. The van der Waals surface area contributed by atoms with Crippen molar-refractivity contribution in [1.29, 1.82) is 0 Å². The number of anilines is 2. The van der Waals surface area contributed by atoms with E-state index in [1.54, 1.807) is 23.5 Å². The molecule has 2 aliphatic rings. The van der Waals surface area contributed by atoms with Gasteiger partial charge in [0.1, 0.15) is 11.6 Å². The molecule has 8 nitrogen and oxygen atoms in total. The van der Waals surface area contributed by atoms with Gasteiger partial charge in [-0.1, -0.05) is 0 Å². The van der Waals surface area contributed by atoms with Crippen LogP contribution in [-0.4, -0.2) is 57.2 Å². The van der Waals surface area contributed by atoms with Crippen molar-refractivity contribution < 1.29 is 32.4 Å². The number of hydrogen-bond donors (Lipinski definition) is 3. The molecule has 1 saturated heterocycles. The molecular weight excluding hydrogens is 521 g/mol. The Kier molecular flexibility index (Phi) is 7.23. The third-order valence-corrected chi connectivity index (χ3v) is 8.09. The molecule has 3 N–H and O–H groups in total. The quantitative estimate of drug-likeness (QED) is 0.403. The molecule has 2 aromatic carbocycles. The molecule has 3 atom stereocenters. The maximum Gasteiger partial charge on any atom is 0.417 e. The molecule has 200 valence electrons. The number of fused-ring (bicyclic) bond motifs is 1. The molecule has 0 saturated carbocycles. The van der Waals surface area contributed by atoms with E-state index in [1.807, 2.05) is 24.3 Å². The van der Waals surface area contributed by atoms with Crippen LogP contribution >= 0.6 is 0 Å². The summed E-state index contributed by atoms with van der Waals surface area (Å²) in [4.78, 5) is 16.2. The van der Waals surface area contributed by atoms with Gasteiger partial charge in [-0.2, -0.15) is 13.2 Å². The molecule has 2 aliphatic heterocycles. The number of aliphatic hydroxyl groups is 1. The summed E-state index contributed by atoms with van der Waals surface area (Å²) in [5.41, 5.74) is 2.44. The lowest BCUT2D eigenvalue weighted by molar-refractivity contribution is -0.137. The standard InChI is InChI=1S/C26H25F3N4O4S/c1-37-22-11-16(10-17-12-24(35)32-25(17)22)15-2-5-19(6-3-15)38(36)33-9-8-20(21(34)14-33)31-23-7-4-18(13-30-23)26(27,28)29/h2-7,10-11,13,20-21,34H,8-9,12,14H2,1H3,(H,30,31)(H,32,35). The van der Waals surface area contributed by atoms with Crippen LogP contribution in [-0.2, 0) is 28.8 Å². The van der Waals surface area contributed by atoms with E-state index in [4.69, 9.17) is 4.74 Å². The minimum atomic E-state index is -4.47. The number of halogens is 3. The van der Waals surface area contributed by atoms with Crippen LogP contribution in [0, 0.1) is 0 Å². The number of amides is 1. The molecule has 1 aromatic heterocycles. The predicted octanol–water partition coefficient (Wildman–Crippen LogP) is 3.84. The van der Waals surface area contributed by atoms with Crippen LogP contribution in [0.4, 0.5) is 24.7 Å². The number of ether oxygens (including phenoxy) is 1. The third kappa shape index (κ3) is 5.44. The summed E-state index contributed by atoms with van der Waals surface area (Å²) >= 11 is -1.51. The van der Waals surface area contributed by atoms with Crippen molar-refractivity contribution in [3.8, 4) is 16.9 Å².